The molecule has 3 heteroatoms. The van der Waals surface area contributed by atoms with Crippen molar-refractivity contribution in [3.8, 4) is 0 Å². The van der Waals surface area contributed by atoms with Crippen LogP contribution in [-0.4, -0.2) is 18.2 Å². The van der Waals surface area contributed by atoms with Crippen LogP contribution in [0.1, 0.15) is 37.6 Å². The summed E-state index contributed by atoms with van der Waals surface area (Å²) in [7, 11) is 0. The van der Waals surface area contributed by atoms with E-state index in [0.29, 0.717) is 5.92 Å². The van der Waals surface area contributed by atoms with Gasteiger partial charge < -0.3 is 5.32 Å². The molecule has 0 unspecified atom stereocenters. The molecule has 0 heterocycles. The maximum absolute atomic E-state index is 12.0. The molecule has 1 amide bonds. The lowest BCUT2D eigenvalue weighted by atomic mass is 10.1. The summed E-state index contributed by atoms with van der Waals surface area (Å²) >= 11 is 1.71. The fourth-order valence-electron chi connectivity index (χ4n) is 1.51. The zero-order valence-electron chi connectivity index (χ0n) is 10.8. The SMILES string of the molecule is CCSc1ccccc1C(=O)NCCC(C)C. The Morgan fingerprint density at radius 3 is 2.71 bits per heavy atom. The molecule has 1 aromatic rings. The van der Waals surface area contributed by atoms with Crippen molar-refractivity contribution in [3.63, 3.8) is 0 Å². The van der Waals surface area contributed by atoms with Crippen LogP contribution < -0.4 is 5.32 Å². The van der Waals surface area contributed by atoms with Gasteiger partial charge in [-0.2, -0.15) is 0 Å². The van der Waals surface area contributed by atoms with Gasteiger partial charge in [0.1, 0.15) is 0 Å². The smallest absolute Gasteiger partial charge is 0.252 e. The minimum Gasteiger partial charge on any atom is -0.352 e. The quantitative estimate of drug-likeness (QED) is 0.783. The Kier molecular flexibility index (Phi) is 6.12. The van der Waals surface area contributed by atoms with Gasteiger partial charge in [0.05, 0.1) is 5.56 Å². The molecule has 0 spiro atoms. The molecule has 0 aliphatic heterocycles. The number of thioether (sulfide) groups is 1. The van der Waals surface area contributed by atoms with Crippen molar-refractivity contribution in [2.24, 2.45) is 5.92 Å². The van der Waals surface area contributed by atoms with Gasteiger partial charge in [0.2, 0.25) is 0 Å². The predicted molar refractivity (Wildman–Crippen MR) is 74.6 cm³/mol. The van der Waals surface area contributed by atoms with Gasteiger partial charge in [0.15, 0.2) is 0 Å². The topological polar surface area (TPSA) is 29.1 Å². The van der Waals surface area contributed by atoms with Crippen molar-refractivity contribution in [2.45, 2.75) is 32.1 Å². The number of amides is 1. The highest BCUT2D eigenvalue weighted by Gasteiger charge is 2.10. The molecule has 0 fully saturated rings. The standard InChI is InChI=1S/C14H21NOS/c1-4-17-13-8-6-5-7-12(13)14(16)15-10-9-11(2)3/h5-8,11H,4,9-10H2,1-3H3,(H,15,16). The third-order valence-corrected chi connectivity index (χ3v) is 3.39. The van der Waals surface area contributed by atoms with Gasteiger partial charge in [0.25, 0.3) is 5.91 Å². The van der Waals surface area contributed by atoms with Crippen LogP contribution in [-0.2, 0) is 0 Å². The first-order chi connectivity index (χ1) is 8.15. The molecule has 1 N–H and O–H groups in total. The highest BCUT2D eigenvalue weighted by Crippen LogP contribution is 2.22. The van der Waals surface area contributed by atoms with E-state index in [1.165, 1.54) is 0 Å². The molecule has 0 aliphatic rings. The van der Waals surface area contributed by atoms with Crippen molar-refractivity contribution in [2.75, 3.05) is 12.3 Å². The highest BCUT2D eigenvalue weighted by atomic mass is 32.2. The molecule has 1 aromatic carbocycles. The summed E-state index contributed by atoms with van der Waals surface area (Å²) in [5.41, 5.74) is 0.795. The first-order valence-electron chi connectivity index (χ1n) is 6.15. The van der Waals surface area contributed by atoms with Crippen LogP contribution in [0.25, 0.3) is 0 Å². The summed E-state index contributed by atoms with van der Waals surface area (Å²) < 4.78 is 0. The van der Waals surface area contributed by atoms with E-state index in [1.54, 1.807) is 11.8 Å². The van der Waals surface area contributed by atoms with Crippen LogP contribution in [0.4, 0.5) is 0 Å². The lowest BCUT2D eigenvalue weighted by molar-refractivity contribution is 0.0949. The fourth-order valence-corrected chi connectivity index (χ4v) is 2.31. The lowest BCUT2D eigenvalue weighted by Gasteiger charge is -2.10. The largest absolute Gasteiger partial charge is 0.352 e. The normalized spacial score (nSPS) is 10.6. The van der Waals surface area contributed by atoms with Gasteiger partial charge in [-0.3, -0.25) is 4.79 Å². The minimum absolute atomic E-state index is 0.0437. The minimum atomic E-state index is 0.0437. The Labute approximate surface area is 108 Å². The monoisotopic (exact) mass is 251 g/mol. The lowest BCUT2D eigenvalue weighted by Crippen LogP contribution is -2.25. The van der Waals surface area contributed by atoms with E-state index < -0.39 is 0 Å². The maximum atomic E-state index is 12.0. The molecular formula is C14H21NOS. The predicted octanol–water partition coefficient (Wildman–Crippen LogP) is 3.57. The Balaban J connectivity index is 2.61. The highest BCUT2D eigenvalue weighted by molar-refractivity contribution is 7.99. The number of hydrogen-bond donors (Lipinski definition) is 1. The summed E-state index contributed by atoms with van der Waals surface area (Å²) in [5.74, 6) is 1.65. The second kappa shape index (κ2) is 7.38. The van der Waals surface area contributed by atoms with Crippen molar-refractivity contribution in [1.82, 2.24) is 5.32 Å². The van der Waals surface area contributed by atoms with Crippen molar-refractivity contribution >= 4 is 17.7 Å². The molecule has 0 aromatic heterocycles. The molecule has 0 bridgehead atoms. The van der Waals surface area contributed by atoms with Gasteiger partial charge in [-0.05, 0) is 30.2 Å². The molecule has 0 saturated carbocycles. The van der Waals surface area contributed by atoms with Crippen LogP contribution in [0, 0.1) is 5.92 Å². The molecule has 2 nitrogen and oxygen atoms in total. The molecule has 1 rings (SSSR count). The number of rotatable bonds is 6. The van der Waals surface area contributed by atoms with Crippen LogP contribution in [0.2, 0.25) is 0 Å². The van der Waals surface area contributed by atoms with Crippen LogP contribution in [0.15, 0.2) is 29.2 Å². The van der Waals surface area contributed by atoms with Crippen molar-refractivity contribution < 1.29 is 4.79 Å². The first kappa shape index (κ1) is 14.1. The third kappa shape index (κ3) is 4.82. The van der Waals surface area contributed by atoms with Crippen molar-refractivity contribution in [3.05, 3.63) is 29.8 Å². The van der Waals surface area contributed by atoms with Gasteiger partial charge in [-0.1, -0.05) is 32.9 Å². The summed E-state index contributed by atoms with van der Waals surface area (Å²) in [6.45, 7) is 7.17. The Morgan fingerprint density at radius 2 is 2.06 bits per heavy atom. The molecule has 0 radical (unpaired) electrons. The second-order valence-corrected chi connectivity index (χ2v) is 5.67. The summed E-state index contributed by atoms with van der Waals surface area (Å²) in [5, 5.41) is 2.98. The molecular weight excluding hydrogens is 230 g/mol. The zero-order chi connectivity index (χ0) is 12.7. The average molecular weight is 251 g/mol. The Morgan fingerprint density at radius 1 is 1.35 bits per heavy atom. The van der Waals surface area contributed by atoms with E-state index in [4.69, 9.17) is 0 Å². The molecule has 0 atom stereocenters. The maximum Gasteiger partial charge on any atom is 0.252 e. The third-order valence-electron chi connectivity index (χ3n) is 2.44. The summed E-state index contributed by atoms with van der Waals surface area (Å²) in [4.78, 5) is 13.1. The van der Waals surface area contributed by atoms with E-state index in [9.17, 15) is 4.79 Å². The Hall–Kier alpha value is -0.960. The van der Waals surface area contributed by atoms with Crippen molar-refractivity contribution in [1.29, 1.82) is 0 Å². The number of nitrogens with one attached hydrogen (secondary N) is 1. The molecule has 0 aliphatic carbocycles. The summed E-state index contributed by atoms with van der Waals surface area (Å²) in [6.07, 6.45) is 1.02. The molecule has 94 valence electrons. The zero-order valence-corrected chi connectivity index (χ0v) is 11.6. The van der Waals surface area contributed by atoms with Crippen LogP contribution in [0.3, 0.4) is 0 Å². The molecule has 0 saturated heterocycles. The number of hydrogen-bond acceptors (Lipinski definition) is 2. The first-order valence-corrected chi connectivity index (χ1v) is 7.13. The number of benzene rings is 1. The van der Waals surface area contributed by atoms with Gasteiger partial charge >= 0.3 is 0 Å². The number of carbonyl (C=O) groups excluding carboxylic acids is 1. The summed E-state index contributed by atoms with van der Waals surface area (Å²) in [6, 6.07) is 7.79. The molecule has 17 heavy (non-hydrogen) atoms. The van der Waals surface area contributed by atoms with Gasteiger partial charge in [0, 0.05) is 11.4 Å². The average Bonchev–Trinajstić information content (AvgIpc) is 2.29. The van der Waals surface area contributed by atoms with Gasteiger partial charge in [-0.25, -0.2) is 0 Å². The Bertz CT molecular complexity index is 363. The van der Waals surface area contributed by atoms with E-state index in [0.717, 1.165) is 29.2 Å². The van der Waals surface area contributed by atoms with E-state index >= 15 is 0 Å². The van der Waals surface area contributed by atoms with E-state index in [2.05, 4.69) is 26.1 Å². The van der Waals surface area contributed by atoms with E-state index in [-0.39, 0.29) is 5.91 Å². The number of carbonyl (C=O) groups is 1. The van der Waals surface area contributed by atoms with Crippen LogP contribution in [0.5, 0.6) is 0 Å². The van der Waals surface area contributed by atoms with E-state index in [1.807, 2.05) is 24.3 Å². The second-order valence-electron chi connectivity index (χ2n) is 4.37. The fraction of sp³-hybridized carbons (Fsp3) is 0.500. The van der Waals surface area contributed by atoms with Gasteiger partial charge in [-0.15, -0.1) is 11.8 Å². The van der Waals surface area contributed by atoms with Crippen LogP contribution >= 0.6 is 11.8 Å².